The number of amides is 1. The molecule has 1 aromatic heterocycles. The Morgan fingerprint density at radius 3 is 2.42 bits per heavy atom. The zero-order valence-electron chi connectivity index (χ0n) is 18.3. The van der Waals surface area contributed by atoms with Gasteiger partial charge in [-0.1, -0.05) is 33.1 Å². The second-order valence-electron chi connectivity index (χ2n) is 7.41. The molecule has 1 heterocycles. The van der Waals surface area contributed by atoms with E-state index in [1.807, 2.05) is 13.8 Å². The summed E-state index contributed by atoms with van der Waals surface area (Å²) in [5.74, 6) is -0.605. The summed E-state index contributed by atoms with van der Waals surface area (Å²) in [4.78, 5) is 41.7. The molecule has 0 aliphatic heterocycles. The van der Waals surface area contributed by atoms with Crippen molar-refractivity contribution in [3.63, 3.8) is 0 Å². The molecule has 3 N–H and O–H groups in total. The summed E-state index contributed by atoms with van der Waals surface area (Å²) in [5, 5.41) is 0. The molecule has 0 fully saturated rings. The number of carbonyl (C=O) groups is 1. The molecular formula is C22H31FN4O4. The minimum absolute atomic E-state index is 0.0407. The van der Waals surface area contributed by atoms with Gasteiger partial charge in [0.1, 0.15) is 17.4 Å². The van der Waals surface area contributed by atoms with Gasteiger partial charge in [-0.05, 0) is 44.0 Å². The van der Waals surface area contributed by atoms with Crippen LogP contribution < -0.4 is 26.6 Å². The number of ether oxygens (including phenoxy) is 1. The summed E-state index contributed by atoms with van der Waals surface area (Å²) in [5.41, 5.74) is 4.84. The Bertz CT molecular complexity index is 984. The highest BCUT2D eigenvalue weighted by Crippen LogP contribution is 2.21. The summed E-state index contributed by atoms with van der Waals surface area (Å²) in [7, 11) is 0. The first kappa shape index (κ1) is 24.2. The van der Waals surface area contributed by atoms with Gasteiger partial charge in [-0.15, -0.1) is 0 Å². The Kier molecular flexibility index (Phi) is 8.84. The van der Waals surface area contributed by atoms with Gasteiger partial charge in [-0.3, -0.25) is 19.1 Å². The number of hydrogen-bond acceptors (Lipinski definition) is 5. The number of nitrogens with zero attached hydrogens (tertiary/aromatic N) is 2. The van der Waals surface area contributed by atoms with Gasteiger partial charge in [-0.25, -0.2) is 9.18 Å². The van der Waals surface area contributed by atoms with E-state index in [9.17, 15) is 18.8 Å². The lowest BCUT2D eigenvalue weighted by Crippen LogP contribution is -2.46. The van der Waals surface area contributed by atoms with Gasteiger partial charge in [0, 0.05) is 13.1 Å². The van der Waals surface area contributed by atoms with Crippen LogP contribution in [0.5, 0.6) is 5.75 Å². The Morgan fingerprint density at radius 1 is 1.16 bits per heavy atom. The largest absolute Gasteiger partial charge is 0.481 e. The van der Waals surface area contributed by atoms with Crippen molar-refractivity contribution >= 4 is 17.4 Å². The lowest BCUT2D eigenvalue weighted by atomic mass is 10.2. The maximum absolute atomic E-state index is 13.3. The molecule has 31 heavy (non-hydrogen) atoms. The number of H-pyrrole nitrogens is 1. The summed E-state index contributed by atoms with van der Waals surface area (Å²) in [6, 6.07) is 5.31. The average Bonchev–Trinajstić information content (AvgIpc) is 2.73. The number of aromatic amines is 1. The Balaban J connectivity index is 2.40. The van der Waals surface area contributed by atoms with Gasteiger partial charge in [-0.2, -0.15) is 0 Å². The molecule has 0 spiro atoms. The zero-order chi connectivity index (χ0) is 23.0. The average molecular weight is 435 g/mol. The minimum atomic E-state index is -0.957. The molecule has 0 radical (unpaired) electrons. The molecule has 0 aliphatic rings. The first-order valence-electron chi connectivity index (χ1n) is 10.7. The third-order valence-electron chi connectivity index (χ3n) is 4.94. The van der Waals surface area contributed by atoms with Crippen LogP contribution >= 0.6 is 0 Å². The Labute approximate surface area is 180 Å². The van der Waals surface area contributed by atoms with E-state index >= 15 is 0 Å². The first-order valence-corrected chi connectivity index (χ1v) is 10.7. The smallest absolute Gasteiger partial charge is 0.330 e. The first-order chi connectivity index (χ1) is 14.8. The van der Waals surface area contributed by atoms with Crippen LogP contribution in [0.4, 0.5) is 15.9 Å². The van der Waals surface area contributed by atoms with Crippen molar-refractivity contribution in [2.45, 2.75) is 65.5 Å². The van der Waals surface area contributed by atoms with Gasteiger partial charge >= 0.3 is 5.69 Å². The highest BCUT2D eigenvalue weighted by atomic mass is 19.1. The van der Waals surface area contributed by atoms with Crippen LogP contribution in [0.15, 0.2) is 33.9 Å². The van der Waals surface area contributed by atoms with E-state index in [0.29, 0.717) is 25.1 Å². The van der Waals surface area contributed by atoms with E-state index in [1.165, 1.54) is 33.7 Å². The van der Waals surface area contributed by atoms with Crippen molar-refractivity contribution < 1.29 is 13.9 Å². The Hall–Kier alpha value is -3.10. The normalized spacial score (nSPS) is 11.9. The second kappa shape index (κ2) is 11.3. The fourth-order valence-electron chi connectivity index (χ4n) is 3.22. The van der Waals surface area contributed by atoms with Crippen molar-refractivity contribution in [3.05, 3.63) is 50.9 Å². The van der Waals surface area contributed by atoms with Crippen LogP contribution in [-0.4, -0.2) is 28.1 Å². The van der Waals surface area contributed by atoms with Crippen molar-refractivity contribution in [3.8, 4) is 5.75 Å². The molecule has 1 unspecified atom stereocenters. The van der Waals surface area contributed by atoms with E-state index in [0.717, 1.165) is 19.3 Å². The summed E-state index contributed by atoms with van der Waals surface area (Å²) in [6.45, 7) is 6.14. The lowest BCUT2D eigenvalue weighted by Gasteiger charge is -2.27. The summed E-state index contributed by atoms with van der Waals surface area (Å²) < 4.78 is 20.1. The lowest BCUT2D eigenvalue weighted by molar-refractivity contribution is -0.124. The molecule has 9 heteroatoms. The number of benzene rings is 1. The van der Waals surface area contributed by atoms with Crippen molar-refractivity contribution in [1.82, 2.24) is 9.55 Å². The molecule has 8 nitrogen and oxygen atoms in total. The standard InChI is InChI=1S/C22H31FN4O4/c1-4-6-8-14-26(21(29)15(3)31-17-11-9-16(23)10-12-17)18-19(24)27(13-7-5-2)22(30)25-20(18)28/h9-12,15H,4-8,13-14,24H2,1-3H3,(H,25,28,30). The predicted molar refractivity (Wildman–Crippen MR) is 119 cm³/mol. The highest BCUT2D eigenvalue weighted by molar-refractivity contribution is 5.98. The van der Waals surface area contributed by atoms with E-state index in [-0.39, 0.29) is 18.1 Å². The molecule has 0 saturated carbocycles. The third kappa shape index (κ3) is 6.19. The van der Waals surface area contributed by atoms with Crippen molar-refractivity contribution in [2.24, 2.45) is 0 Å². The van der Waals surface area contributed by atoms with Crippen LogP contribution in [0.25, 0.3) is 0 Å². The van der Waals surface area contributed by atoms with Crippen molar-refractivity contribution in [2.75, 3.05) is 17.2 Å². The fraction of sp³-hybridized carbons (Fsp3) is 0.500. The molecule has 0 aliphatic carbocycles. The van der Waals surface area contributed by atoms with E-state index in [1.54, 1.807) is 6.92 Å². The van der Waals surface area contributed by atoms with Crippen LogP contribution in [0.1, 0.15) is 52.9 Å². The molecule has 2 rings (SSSR count). The number of halogens is 1. The van der Waals surface area contributed by atoms with Gasteiger partial charge in [0.15, 0.2) is 11.8 Å². The summed E-state index contributed by atoms with van der Waals surface area (Å²) in [6.07, 6.45) is 3.00. The van der Waals surface area contributed by atoms with E-state index in [4.69, 9.17) is 10.5 Å². The number of anilines is 2. The third-order valence-corrected chi connectivity index (χ3v) is 4.94. The SMILES string of the molecule is CCCCCN(C(=O)C(C)Oc1ccc(F)cc1)c1c(N)n(CCCC)c(=O)[nH]c1=O. The number of carbonyl (C=O) groups excluding carboxylic acids is 1. The number of rotatable bonds is 11. The maximum atomic E-state index is 13.3. The molecule has 0 saturated heterocycles. The number of nitrogen functional groups attached to an aromatic ring is 1. The van der Waals surface area contributed by atoms with Crippen LogP contribution in [0.3, 0.4) is 0 Å². The zero-order valence-corrected chi connectivity index (χ0v) is 18.3. The second-order valence-corrected chi connectivity index (χ2v) is 7.41. The molecule has 2 aromatic rings. The fourth-order valence-corrected chi connectivity index (χ4v) is 3.22. The maximum Gasteiger partial charge on any atom is 0.330 e. The van der Waals surface area contributed by atoms with Gasteiger partial charge < -0.3 is 15.4 Å². The Morgan fingerprint density at radius 2 is 1.81 bits per heavy atom. The van der Waals surface area contributed by atoms with E-state index < -0.39 is 29.1 Å². The summed E-state index contributed by atoms with van der Waals surface area (Å²) >= 11 is 0. The predicted octanol–water partition coefficient (Wildman–Crippen LogP) is 3.05. The van der Waals surface area contributed by atoms with Gasteiger partial charge in [0.05, 0.1) is 0 Å². The van der Waals surface area contributed by atoms with Crippen LogP contribution in [-0.2, 0) is 11.3 Å². The monoisotopic (exact) mass is 434 g/mol. The minimum Gasteiger partial charge on any atom is -0.481 e. The van der Waals surface area contributed by atoms with E-state index in [2.05, 4.69) is 4.98 Å². The molecule has 1 aromatic carbocycles. The van der Waals surface area contributed by atoms with Crippen LogP contribution in [0, 0.1) is 5.82 Å². The molecule has 170 valence electrons. The van der Waals surface area contributed by atoms with Gasteiger partial charge in [0.2, 0.25) is 0 Å². The molecule has 1 atom stereocenters. The van der Waals surface area contributed by atoms with Crippen LogP contribution in [0.2, 0.25) is 0 Å². The number of hydrogen-bond donors (Lipinski definition) is 2. The molecule has 0 bridgehead atoms. The van der Waals surface area contributed by atoms with Crippen molar-refractivity contribution in [1.29, 1.82) is 0 Å². The number of unbranched alkanes of at least 4 members (excludes halogenated alkanes) is 3. The number of nitrogens with two attached hydrogens (primary N) is 1. The molecular weight excluding hydrogens is 403 g/mol. The molecule has 1 amide bonds. The quantitative estimate of drug-likeness (QED) is 0.528. The van der Waals surface area contributed by atoms with Gasteiger partial charge in [0.25, 0.3) is 11.5 Å². The topological polar surface area (TPSA) is 110 Å². The number of nitrogens with one attached hydrogen (secondary N) is 1. The number of aromatic nitrogens is 2. The highest BCUT2D eigenvalue weighted by Gasteiger charge is 2.28.